The molecule has 38 heavy (non-hydrogen) atoms. The van der Waals surface area contributed by atoms with E-state index >= 15 is 0 Å². The molecule has 204 valence electrons. The third-order valence-electron chi connectivity index (χ3n) is 7.08. The molecular weight excluding hydrogens is 477 g/mol. The molecule has 0 saturated heterocycles. The van der Waals surface area contributed by atoms with Crippen molar-refractivity contribution in [3.05, 3.63) is 94.8 Å². The van der Waals surface area contributed by atoms with E-state index in [1.807, 2.05) is 18.2 Å². The summed E-state index contributed by atoms with van der Waals surface area (Å²) in [7, 11) is 0. The van der Waals surface area contributed by atoms with Gasteiger partial charge in [0.05, 0.1) is 6.61 Å². The van der Waals surface area contributed by atoms with E-state index in [4.69, 9.17) is 14.2 Å². The van der Waals surface area contributed by atoms with Crippen molar-refractivity contribution in [1.82, 2.24) is 0 Å². The summed E-state index contributed by atoms with van der Waals surface area (Å²) in [5.41, 5.74) is 4.74. The molecule has 0 aliphatic carbocycles. The number of anilines is 1. The minimum absolute atomic E-state index is 0.112. The monoisotopic (exact) mass is 519 g/mol. The second-order valence-corrected chi connectivity index (χ2v) is 11.8. The molecule has 2 unspecified atom stereocenters. The van der Waals surface area contributed by atoms with Gasteiger partial charge in [-0.3, -0.25) is 0 Å². The quantitative estimate of drug-likeness (QED) is 0.273. The lowest BCUT2D eigenvalue weighted by atomic mass is 9.86. The number of unbranched alkanes of at least 4 members (excludes halogenated alkanes) is 1. The summed E-state index contributed by atoms with van der Waals surface area (Å²) in [5.74, 6) is 0.574. The van der Waals surface area contributed by atoms with Gasteiger partial charge in [-0.15, -0.1) is 0 Å². The number of rotatable bonds is 10. The molecule has 0 saturated carbocycles. The van der Waals surface area contributed by atoms with E-state index in [1.54, 1.807) is 12.1 Å². The molecule has 3 aromatic rings. The molecular formula is C33H42FNO3. The van der Waals surface area contributed by atoms with E-state index in [0.717, 1.165) is 41.0 Å². The first kappa shape index (κ1) is 28.1. The van der Waals surface area contributed by atoms with Crippen molar-refractivity contribution < 1.29 is 18.6 Å². The van der Waals surface area contributed by atoms with Gasteiger partial charge in [0.25, 0.3) is 0 Å². The van der Waals surface area contributed by atoms with E-state index in [9.17, 15) is 4.39 Å². The van der Waals surface area contributed by atoms with E-state index < -0.39 is 5.60 Å². The zero-order chi connectivity index (χ0) is 27.3. The van der Waals surface area contributed by atoms with Crippen LogP contribution in [0.4, 0.5) is 10.1 Å². The first-order valence-electron chi connectivity index (χ1n) is 13.7. The Morgan fingerprint density at radius 1 is 0.947 bits per heavy atom. The van der Waals surface area contributed by atoms with Gasteiger partial charge in [0, 0.05) is 24.4 Å². The Balaban J connectivity index is 1.55. The SMILES string of the molecule is CCCCOC1c2cc(NCc3cccc(F)c3)ccc2OC(C)(C)C1OCc1ccc(C(C)(C)C)cc1. The Bertz CT molecular complexity index is 1200. The van der Waals surface area contributed by atoms with Crippen LogP contribution in [0.25, 0.3) is 0 Å². The second kappa shape index (κ2) is 11.9. The summed E-state index contributed by atoms with van der Waals surface area (Å²) < 4.78 is 33.2. The van der Waals surface area contributed by atoms with Gasteiger partial charge in [-0.05, 0) is 72.7 Å². The first-order chi connectivity index (χ1) is 18.1. The van der Waals surface area contributed by atoms with Crippen molar-refractivity contribution >= 4 is 5.69 Å². The largest absolute Gasteiger partial charge is 0.485 e. The molecule has 1 aliphatic heterocycles. The van der Waals surface area contributed by atoms with Crippen LogP contribution in [0.1, 0.15) is 82.7 Å². The van der Waals surface area contributed by atoms with Gasteiger partial charge in [0.1, 0.15) is 29.4 Å². The topological polar surface area (TPSA) is 39.7 Å². The lowest BCUT2D eigenvalue weighted by molar-refractivity contribution is -0.167. The van der Waals surface area contributed by atoms with Gasteiger partial charge in [0.15, 0.2) is 0 Å². The maximum absolute atomic E-state index is 13.6. The Morgan fingerprint density at radius 2 is 1.71 bits per heavy atom. The van der Waals surface area contributed by atoms with Crippen LogP contribution in [0.3, 0.4) is 0 Å². The molecule has 0 bridgehead atoms. The van der Waals surface area contributed by atoms with Crippen molar-refractivity contribution in [1.29, 1.82) is 0 Å². The number of ether oxygens (including phenoxy) is 3. The van der Waals surface area contributed by atoms with Crippen molar-refractivity contribution in [3.63, 3.8) is 0 Å². The smallest absolute Gasteiger partial charge is 0.132 e. The summed E-state index contributed by atoms with van der Waals surface area (Å²) in [5, 5.41) is 3.42. The highest BCUT2D eigenvalue weighted by molar-refractivity contribution is 5.54. The van der Waals surface area contributed by atoms with Crippen molar-refractivity contribution in [3.8, 4) is 5.75 Å². The van der Waals surface area contributed by atoms with Gasteiger partial charge in [-0.25, -0.2) is 4.39 Å². The van der Waals surface area contributed by atoms with Gasteiger partial charge < -0.3 is 19.5 Å². The highest BCUT2D eigenvalue weighted by Gasteiger charge is 2.45. The first-order valence-corrected chi connectivity index (χ1v) is 13.7. The number of benzene rings is 3. The molecule has 4 rings (SSSR count). The number of hydrogen-bond acceptors (Lipinski definition) is 4. The molecule has 1 N–H and O–H groups in total. The predicted molar refractivity (Wildman–Crippen MR) is 152 cm³/mol. The standard InChI is InChI=1S/C33H42FNO3/c1-7-8-18-36-30-28-20-27(35-21-24-10-9-11-26(34)19-24)16-17-29(28)38-33(5,6)31(30)37-22-23-12-14-25(15-13-23)32(2,3)4/h9-17,19-20,30-31,35H,7-8,18,21-22H2,1-6H3. The lowest BCUT2D eigenvalue weighted by Crippen LogP contribution is -2.51. The van der Waals surface area contributed by atoms with Gasteiger partial charge in [-0.2, -0.15) is 0 Å². The summed E-state index contributed by atoms with van der Waals surface area (Å²) in [6.45, 7) is 14.6. The molecule has 1 heterocycles. The van der Waals surface area contributed by atoms with Crippen LogP contribution in [0, 0.1) is 5.82 Å². The third kappa shape index (κ3) is 6.95. The maximum Gasteiger partial charge on any atom is 0.132 e. The Kier molecular flexibility index (Phi) is 8.79. The zero-order valence-corrected chi connectivity index (χ0v) is 23.6. The molecule has 5 heteroatoms. The van der Waals surface area contributed by atoms with E-state index in [2.05, 4.69) is 77.2 Å². The van der Waals surface area contributed by atoms with Crippen molar-refractivity contribution in [2.75, 3.05) is 11.9 Å². The van der Waals surface area contributed by atoms with Crippen LogP contribution >= 0.6 is 0 Å². The van der Waals surface area contributed by atoms with Gasteiger partial charge in [-0.1, -0.05) is 70.5 Å². The summed E-state index contributed by atoms with van der Waals surface area (Å²) in [4.78, 5) is 0. The van der Waals surface area contributed by atoms with Gasteiger partial charge in [0.2, 0.25) is 0 Å². The number of nitrogens with one attached hydrogen (secondary N) is 1. The fourth-order valence-electron chi connectivity index (χ4n) is 4.80. The summed E-state index contributed by atoms with van der Waals surface area (Å²) >= 11 is 0. The molecule has 0 spiro atoms. The second-order valence-electron chi connectivity index (χ2n) is 11.8. The Hall–Kier alpha value is -2.89. The van der Waals surface area contributed by atoms with Crippen molar-refractivity contribution in [2.24, 2.45) is 0 Å². The van der Waals surface area contributed by atoms with Crippen LogP contribution in [0.5, 0.6) is 5.75 Å². The molecule has 2 atom stereocenters. The minimum atomic E-state index is -0.578. The zero-order valence-electron chi connectivity index (χ0n) is 23.6. The minimum Gasteiger partial charge on any atom is -0.485 e. The predicted octanol–water partition coefficient (Wildman–Crippen LogP) is 8.35. The number of fused-ring (bicyclic) bond motifs is 1. The molecule has 1 aliphatic rings. The fourth-order valence-corrected chi connectivity index (χ4v) is 4.80. The molecule has 0 aromatic heterocycles. The van der Waals surface area contributed by atoms with Crippen molar-refractivity contribution in [2.45, 2.75) is 90.8 Å². The normalized spacial score (nSPS) is 18.5. The van der Waals surface area contributed by atoms with E-state index in [1.165, 1.54) is 11.6 Å². The van der Waals surface area contributed by atoms with Crippen LogP contribution in [0.15, 0.2) is 66.7 Å². The highest BCUT2D eigenvalue weighted by atomic mass is 19.1. The van der Waals surface area contributed by atoms with E-state index in [-0.39, 0.29) is 23.4 Å². The fraction of sp³-hybridized carbons (Fsp3) is 0.455. The van der Waals surface area contributed by atoms with Crippen LogP contribution in [-0.2, 0) is 28.0 Å². The summed E-state index contributed by atoms with van der Waals surface area (Å²) in [6.07, 6.45) is 1.46. The molecule has 0 amide bonds. The van der Waals surface area contributed by atoms with Crippen LogP contribution < -0.4 is 10.1 Å². The molecule has 3 aromatic carbocycles. The lowest BCUT2D eigenvalue weighted by Gasteiger charge is -2.44. The Labute approximate surface area is 227 Å². The van der Waals surface area contributed by atoms with Crippen LogP contribution in [-0.4, -0.2) is 18.3 Å². The van der Waals surface area contributed by atoms with Gasteiger partial charge >= 0.3 is 0 Å². The number of halogens is 1. The molecule has 0 radical (unpaired) electrons. The average molecular weight is 520 g/mol. The van der Waals surface area contributed by atoms with Crippen LogP contribution in [0.2, 0.25) is 0 Å². The molecule has 0 fully saturated rings. The third-order valence-corrected chi connectivity index (χ3v) is 7.08. The highest BCUT2D eigenvalue weighted by Crippen LogP contribution is 2.44. The maximum atomic E-state index is 13.6. The molecule has 4 nitrogen and oxygen atoms in total. The number of hydrogen-bond donors (Lipinski definition) is 1. The summed E-state index contributed by atoms with van der Waals surface area (Å²) in [6, 6.07) is 21.4. The average Bonchev–Trinajstić information content (AvgIpc) is 2.86. The van der Waals surface area contributed by atoms with E-state index in [0.29, 0.717) is 19.8 Å². The Morgan fingerprint density at radius 3 is 2.39 bits per heavy atom.